The van der Waals surface area contributed by atoms with Crippen LogP contribution >= 0.6 is 0 Å². The average Bonchev–Trinajstić information content (AvgIpc) is 2.67. The van der Waals surface area contributed by atoms with Crippen molar-refractivity contribution in [2.45, 2.75) is 13.3 Å². The molecule has 2 heteroatoms. The molecule has 2 nitrogen and oxygen atoms in total. The fourth-order valence-electron chi connectivity index (χ4n) is 1.24. The van der Waals surface area contributed by atoms with Crippen molar-refractivity contribution < 1.29 is 4.42 Å². The van der Waals surface area contributed by atoms with Crippen molar-refractivity contribution >= 4 is 0 Å². The van der Waals surface area contributed by atoms with Gasteiger partial charge in [-0.05, 0) is 24.3 Å². The maximum absolute atomic E-state index is 5.59. The van der Waals surface area contributed by atoms with Crippen LogP contribution in [0.5, 0.6) is 0 Å². The highest BCUT2D eigenvalue weighted by atomic mass is 16.3. The molecule has 0 fully saturated rings. The third-order valence-electron chi connectivity index (χ3n) is 1.97. The molecule has 0 saturated carbocycles. The van der Waals surface area contributed by atoms with Gasteiger partial charge in [0.25, 0.3) is 0 Å². The lowest BCUT2D eigenvalue weighted by molar-refractivity contribution is 0.529. The molecule has 66 valence electrons. The topological polar surface area (TPSA) is 26.0 Å². The highest BCUT2D eigenvalue weighted by molar-refractivity contribution is 5.56. The van der Waals surface area contributed by atoms with Gasteiger partial charge in [-0.15, -0.1) is 0 Å². The molecule has 0 aromatic carbocycles. The summed E-state index contributed by atoms with van der Waals surface area (Å²) in [5.41, 5.74) is 1.08. The molecule has 0 aliphatic heterocycles. The maximum atomic E-state index is 5.59. The number of hydrogen-bond acceptors (Lipinski definition) is 2. The first-order valence-electron chi connectivity index (χ1n) is 4.39. The Hall–Kier alpha value is -1.57. The lowest BCUT2D eigenvalue weighted by atomic mass is 10.2. The predicted molar refractivity (Wildman–Crippen MR) is 51.3 cm³/mol. The van der Waals surface area contributed by atoms with Crippen LogP contribution in [0.25, 0.3) is 11.3 Å². The van der Waals surface area contributed by atoms with Crippen molar-refractivity contribution in [3.05, 3.63) is 42.4 Å². The summed E-state index contributed by atoms with van der Waals surface area (Å²) < 4.78 is 5.59. The molecule has 0 atom stereocenters. The van der Waals surface area contributed by atoms with E-state index in [4.69, 9.17) is 4.42 Å². The summed E-state index contributed by atoms with van der Waals surface area (Å²) in [5, 5.41) is 0. The minimum absolute atomic E-state index is 0.916. The van der Waals surface area contributed by atoms with E-state index in [1.165, 1.54) is 0 Å². The monoisotopic (exact) mass is 173 g/mol. The van der Waals surface area contributed by atoms with E-state index in [1.807, 2.05) is 24.3 Å². The molecule has 0 aliphatic rings. The van der Waals surface area contributed by atoms with E-state index in [1.54, 1.807) is 12.4 Å². The molecule has 0 amide bonds. The van der Waals surface area contributed by atoms with Crippen LogP contribution in [0.2, 0.25) is 0 Å². The second-order valence-electron chi connectivity index (χ2n) is 2.86. The van der Waals surface area contributed by atoms with E-state index in [9.17, 15) is 0 Å². The number of furan rings is 1. The molecule has 0 N–H and O–H groups in total. The van der Waals surface area contributed by atoms with Crippen LogP contribution in [0, 0.1) is 0 Å². The van der Waals surface area contributed by atoms with E-state index in [-0.39, 0.29) is 0 Å². The Morgan fingerprint density at radius 2 is 1.92 bits per heavy atom. The zero-order valence-corrected chi connectivity index (χ0v) is 7.53. The van der Waals surface area contributed by atoms with Gasteiger partial charge in [0, 0.05) is 24.4 Å². The zero-order chi connectivity index (χ0) is 9.10. The number of rotatable bonds is 2. The zero-order valence-electron chi connectivity index (χ0n) is 7.53. The summed E-state index contributed by atoms with van der Waals surface area (Å²) in [6.07, 6.45) is 4.47. The van der Waals surface area contributed by atoms with Gasteiger partial charge in [0.15, 0.2) is 0 Å². The van der Waals surface area contributed by atoms with E-state index >= 15 is 0 Å². The summed E-state index contributed by atoms with van der Waals surface area (Å²) in [5.74, 6) is 1.94. The summed E-state index contributed by atoms with van der Waals surface area (Å²) in [7, 11) is 0. The van der Waals surface area contributed by atoms with Crippen LogP contribution in [-0.2, 0) is 6.42 Å². The first-order valence-corrected chi connectivity index (χ1v) is 4.39. The first kappa shape index (κ1) is 8.05. The summed E-state index contributed by atoms with van der Waals surface area (Å²) in [4.78, 5) is 3.96. The molecule has 2 aromatic heterocycles. The second kappa shape index (κ2) is 3.44. The van der Waals surface area contributed by atoms with Gasteiger partial charge < -0.3 is 4.42 Å². The minimum Gasteiger partial charge on any atom is -0.461 e. The molecule has 2 rings (SSSR count). The van der Waals surface area contributed by atoms with Crippen molar-refractivity contribution in [3.8, 4) is 11.3 Å². The summed E-state index contributed by atoms with van der Waals surface area (Å²) in [6.45, 7) is 2.08. The average molecular weight is 173 g/mol. The molecule has 2 heterocycles. The normalized spacial score (nSPS) is 10.2. The highest BCUT2D eigenvalue weighted by Crippen LogP contribution is 2.21. The van der Waals surface area contributed by atoms with Crippen molar-refractivity contribution in [3.63, 3.8) is 0 Å². The van der Waals surface area contributed by atoms with Gasteiger partial charge in [-0.1, -0.05) is 6.92 Å². The van der Waals surface area contributed by atoms with Crippen LogP contribution in [0.15, 0.2) is 41.1 Å². The molecule has 0 saturated heterocycles. The Morgan fingerprint density at radius 1 is 1.15 bits per heavy atom. The Kier molecular flexibility index (Phi) is 2.13. The number of aryl methyl sites for hydroxylation is 1. The standard InChI is InChI=1S/C11H11NO/c1-2-10-3-4-11(13-10)9-5-7-12-8-6-9/h3-8H,2H2,1H3. The maximum Gasteiger partial charge on any atom is 0.134 e. The Labute approximate surface area is 77.2 Å². The third-order valence-corrected chi connectivity index (χ3v) is 1.97. The van der Waals surface area contributed by atoms with Crippen LogP contribution in [-0.4, -0.2) is 4.98 Å². The van der Waals surface area contributed by atoms with Gasteiger partial charge in [0.1, 0.15) is 11.5 Å². The van der Waals surface area contributed by atoms with Gasteiger partial charge >= 0.3 is 0 Å². The van der Waals surface area contributed by atoms with E-state index in [0.29, 0.717) is 0 Å². The van der Waals surface area contributed by atoms with Crippen molar-refractivity contribution in [1.82, 2.24) is 4.98 Å². The predicted octanol–water partition coefficient (Wildman–Crippen LogP) is 2.90. The van der Waals surface area contributed by atoms with Crippen molar-refractivity contribution in [1.29, 1.82) is 0 Å². The smallest absolute Gasteiger partial charge is 0.134 e. The lowest BCUT2D eigenvalue weighted by Gasteiger charge is -1.94. The molecular weight excluding hydrogens is 162 g/mol. The largest absolute Gasteiger partial charge is 0.461 e. The van der Waals surface area contributed by atoms with Gasteiger partial charge in [-0.3, -0.25) is 4.98 Å². The molecule has 0 bridgehead atoms. The van der Waals surface area contributed by atoms with E-state index < -0.39 is 0 Å². The van der Waals surface area contributed by atoms with Crippen LogP contribution in [0.4, 0.5) is 0 Å². The van der Waals surface area contributed by atoms with E-state index in [0.717, 1.165) is 23.5 Å². The van der Waals surface area contributed by atoms with Gasteiger partial charge in [0.2, 0.25) is 0 Å². The Bertz CT molecular complexity index is 378. The molecule has 0 spiro atoms. The van der Waals surface area contributed by atoms with Gasteiger partial charge in [0.05, 0.1) is 0 Å². The molecular formula is C11H11NO. The SMILES string of the molecule is CCc1ccc(-c2ccncc2)o1. The van der Waals surface area contributed by atoms with Crippen molar-refractivity contribution in [2.24, 2.45) is 0 Å². The van der Waals surface area contributed by atoms with Crippen LogP contribution in [0.3, 0.4) is 0 Å². The van der Waals surface area contributed by atoms with Crippen LogP contribution < -0.4 is 0 Å². The molecule has 2 aromatic rings. The van der Waals surface area contributed by atoms with Gasteiger partial charge in [-0.25, -0.2) is 0 Å². The Morgan fingerprint density at radius 3 is 2.54 bits per heavy atom. The molecule has 0 aliphatic carbocycles. The Balaban J connectivity index is 2.36. The van der Waals surface area contributed by atoms with E-state index in [2.05, 4.69) is 11.9 Å². The first-order chi connectivity index (χ1) is 6.40. The quantitative estimate of drug-likeness (QED) is 0.697. The molecule has 0 unspecified atom stereocenters. The third kappa shape index (κ3) is 1.61. The summed E-state index contributed by atoms with van der Waals surface area (Å²) in [6, 6.07) is 7.89. The minimum atomic E-state index is 0.916. The number of hydrogen-bond donors (Lipinski definition) is 0. The molecule has 0 radical (unpaired) electrons. The summed E-state index contributed by atoms with van der Waals surface area (Å²) >= 11 is 0. The number of pyridine rings is 1. The fraction of sp³-hybridized carbons (Fsp3) is 0.182. The molecule has 13 heavy (non-hydrogen) atoms. The van der Waals surface area contributed by atoms with Crippen molar-refractivity contribution in [2.75, 3.05) is 0 Å². The number of nitrogens with zero attached hydrogens (tertiary/aromatic N) is 1. The fourth-order valence-corrected chi connectivity index (χ4v) is 1.24. The lowest BCUT2D eigenvalue weighted by Crippen LogP contribution is -1.74. The number of aromatic nitrogens is 1. The van der Waals surface area contributed by atoms with Gasteiger partial charge in [-0.2, -0.15) is 0 Å². The van der Waals surface area contributed by atoms with Crippen LogP contribution in [0.1, 0.15) is 12.7 Å². The highest BCUT2D eigenvalue weighted by Gasteiger charge is 2.01. The second-order valence-corrected chi connectivity index (χ2v) is 2.86.